The van der Waals surface area contributed by atoms with Crippen LogP contribution in [0.15, 0.2) is 36.5 Å². The van der Waals surface area contributed by atoms with E-state index < -0.39 is 0 Å². The summed E-state index contributed by atoms with van der Waals surface area (Å²) in [6.45, 7) is 1.02. The van der Waals surface area contributed by atoms with Crippen molar-refractivity contribution in [3.63, 3.8) is 0 Å². The van der Waals surface area contributed by atoms with Gasteiger partial charge in [-0.3, -0.25) is 4.68 Å². The van der Waals surface area contributed by atoms with Gasteiger partial charge >= 0.3 is 0 Å². The van der Waals surface area contributed by atoms with E-state index in [1.807, 2.05) is 17.9 Å². The summed E-state index contributed by atoms with van der Waals surface area (Å²) in [7, 11) is 1.99. The summed E-state index contributed by atoms with van der Waals surface area (Å²) in [5.74, 6) is 1.66. The molecular weight excluding hydrogens is 198 g/mol. The summed E-state index contributed by atoms with van der Waals surface area (Å²) in [5.41, 5.74) is 2.71. The first kappa shape index (κ1) is 9.46. The van der Waals surface area contributed by atoms with Crippen molar-refractivity contribution in [2.45, 2.75) is 12.3 Å². The number of nitrogens with zero attached hydrogens (tertiary/aromatic N) is 2. The summed E-state index contributed by atoms with van der Waals surface area (Å²) in [5, 5.41) is 7.74. The van der Waals surface area contributed by atoms with Crippen molar-refractivity contribution in [2.75, 3.05) is 11.9 Å². The van der Waals surface area contributed by atoms with Crippen LogP contribution in [0.1, 0.15) is 23.5 Å². The Labute approximate surface area is 95.1 Å². The molecule has 0 saturated heterocycles. The molecule has 2 heterocycles. The minimum Gasteiger partial charge on any atom is -0.370 e. The van der Waals surface area contributed by atoms with Crippen LogP contribution in [-0.4, -0.2) is 16.3 Å². The van der Waals surface area contributed by atoms with Gasteiger partial charge in [-0.25, -0.2) is 0 Å². The standard InChI is InChI=1S/C13H15N3/c1-16-13-12(9-15-16)11(7-8-14-13)10-5-3-2-4-6-10/h2-6,9,11,14H,7-8H2,1H3/t11-/m0/s1. The third-order valence-electron chi connectivity index (χ3n) is 3.27. The largest absolute Gasteiger partial charge is 0.370 e. The van der Waals surface area contributed by atoms with Crippen molar-refractivity contribution >= 4 is 5.82 Å². The Bertz CT molecular complexity index is 487. The molecule has 0 radical (unpaired) electrons. The highest BCUT2D eigenvalue weighted by Crippen LogP contribution is 2.35. The van der Waals surface area contributed by atoms with Gasteiger partial charge in [0.25, 0.3) is 0 Å². The van der Waals surface area contributed by atoms with E-state index >= 15 is 0 Å². The molecule has 0 amide bonds. The zero-order chi connectivity index (χ0) is 11.0. The highest BCUT2D eigenvalue weighted by atomic mass is 15.3. The van der Waals surface area contributed by atoms with Crippen LogP contribution in [0.25, 0.3) is 0 Å². The first-order valence-corrected chi connectivity index (χ1v) is 5.67. The maximum absolute atomic E-state index is 4.33. The lowest BCUT2D eigenvalue weighted by Crippen LogP contribution is -2.18. The van der Waals surface area contributed by atoms with Gasteiger partial charge < -0.3 is 5.32 Å². The number of hydrogen-bond acceptors (Lipinski definition) is 2. The molecule has 3 nitrogen and oxygen atoms in total. The Morgan fingerprint density at radius 3 is 2.94 bits per heavy atom. The molecule has 1 aromatic carbocycles. The molecule has 0 unspecified atom stereocenters. The molecule has 3 heteroatoms. The normalized spacial score (nSPS) is 18.9. The molecule has 1 N–H and O–H groups in total. The van der Waals surface area contributed by atoms with Gasteiger partial charge in [0.15, 0.2) is 0 Å². The van der Waals surface area contributed by atoms with E-state index in [2.05, 4.69) is 40.7 Å². The monoisotopic (exact) mass is 213 g/mol. The van der Waals surface area contributed by atoms with Crippen LogP contribution < -0.4 is 5.32 Å². The van der Waals surface area contributed by atoms with Crippen LogP contribution in [0, 0.1) is 0 Å². The molecule has 3 rings (SSSR count). The van der Waals surface area contributed by atoms with Crippen molar-refractivity contribution in [1.29, 1.82) is 0 Å². The second-order valence-corrected chi connectivity index (χ2v) is 4.25. The average molecular weight is 213 g/mol. The predicted octanol–water partition coefficient (Wildman–Crippen LogP) is 2.37. The van der Waals surface area contributed by atoms with Gasteiger partial charge in [0.1, 0.15) is 5.82 Å². The smallest absolute Gasteiger partial charge is 0.127 e. The Morgan fingerprint density at radius 2 is 2.12 bits per heavy atom. The lowest BCUT2D eigenvalue weighted by atomic mass is 9.88. The van der Waals surface area contributed by atoms with Crippen LogP contribution >= 0.6 is 0 Å². The van der Waals surface area contributed by atoms with E-state index in [1.165, 1.54) is 16.9 Å². The van der Waals surface area contributed by atoms with Gasteiger partial charge in [0, 0.05) is 25.1 Å². The SMILES string of the molecule is Cn1ncc2c1NCC[C@H]2c1ccccc1. The predicted molar refractivity (Wildman–Crippen MR) is 64.6 cm³/mol. The molecule has 1 aromatic heterocycles. The number of hydrogen-bond donors (Lipinski definition) is 1. The quantitative estimate of drug-likeness (QED) is 0.788. The van der Waals surface area contributed by atoms with Crippen LogP contribution in [0.2, 0.25) is 0 Å². The van der Waals surface area contributed by atoms with Crippen LogP contribution in [0.3, 0.4) is 0 Å². The maximum Gasteiger partial charge on any atom is 0.127 e. The average Bonchev–Trinajstić information content (AvgIpc) is 2.73. The van der Waals surface area contributed by atoms with Crippen molar-refractivity contribution in [3.8, 4) is 0 Å². The summed E-state index contributed by atoms with van der Waals surface area (Å²) in [6.07, 6.45) is 3.13. The summed E-state index contributed by atoms with van der Waals surface area (Å²) in [6, 6.07) is 10.7. The fourth-order valence-corrected chi connectivity index (χ4v) is 2.45. The lowest BCUT2D eigenvalue weighted by molar-refractivity contribution is 0.699. The van der Waals surface area contributed by atoms with Crippen molar-refractivity contribution < 1.29 is 0 Å². The molecule has 16 heavy (non-hydrogen) atoms. The van der Waals surface area contributed by atoms with Gasteiger partial charge in [0.05, 0.1) is 6.20 Å². The Morgan fingerprint density at radius 1 is 1.31 bits per heavy atom. The zero-order valence-corrected chi connectivity index (χ0v) is 9.35. The number of anilines is 1. The molecule has 82 valence electrons. The van der Waals surface area contributed by atoms with E-state index in [4.69, 9.17) is 0 Å². The summed E-state index contributed by atoms with van der Waals surface area (Å²) >= 11 is 0. The maximum atomic E-state index is 4.33. The topological polar surface area (TPSA) is 29.9 Å². The van der Waals surface area contributed by atoms with Gasteiger partial charge in [-0.2, -0.15) is 5.10 Å². The van der Waals surface area contributed by atoms with Gasteiger partial charge in [-0.15, -0.1) is 0 Å². The molecule has 2 aromatic rings. The number of nitrogens with one attached hydrogen (secondary N) is 1. The molecule has 1 atom stereocenters. The molecule has 0 aliphatic carbocycles. The lowest BCUT2D eigenvalue weighted by Gasteiger charge is -2.24. The number of benzene rings is 1. The molecule has 0 saturated carbocycles. The highest BCUT2D eigenvalue weighted by molar-refractivity contribution is 5.51. The van der Waals surface area contributed by atoms with E-state index in [0.29, 0.717) is 5.92 Å². The second-order valence-electron chi connectivity index (χ2n) is 4.25. The van der Waals surface area contributed by atoms with E-state index in [1.54, 1.807) is 0 Å². The number of aromatic nitrogens is 2. The Hall–Kier alpha value is -1.77. The second kappa shape index (κ2) is 3.67. The fraction of sp³-hybridized carbons (Fsp3) is 0.308. The van der Waals surface area contributed by atoms with Crippen LogP contribution in [0.4, 0.5) is 5.82 Å². The van der Waals surface area contributed by atoms with Gasteiger partial charge in [0.2, 0.25) is 0 Å². The molecule has 1 aliphatic rings. The van der Waals surface area contributed by atoms with Gasteiger partial charge in [-0.05, 0) is 12.0 Å². The van der Waals surface area contributed by atoms with E-state index in [0.717, 1.165) is 13.0 Å². The summed E-state index contributed by atoms with van der Waals surface area (Å²) < 4.78 is 1.92. The Kier molecular flexibility index (Phi) is 2.17. The molecule has 0 bridgehead atoms. The number of rotatable bonds is 1. The zero-order valence-electron chi connectivity index (χ0n) is 9.35. The van der Waals surface area contributed by atoms with Crippen molar-refractivity contribution in [1.82, 2.24) is 9.78 Å². The van der Waals surface area contributed by atoms with Gasteiger partial charge in [-0.1, -0.05) is 30.3 Å². The highest BCUT2D eigenvalue weighted by Gasteiger charge is 2.24. The summed E-state index contributed by atoms with van der Waals surface area (Å²) in [4.78, 5) is 0. The first-order valence-electron chi connectivity index (χ1n) is 5.67. The Balaban J connectivity index is 2.05. The van der Waals surface area contributed by atoms with E-state index in [9.17, 15) is 0 Å². The molecular formula is C13H15N3. The van der Waals surface area contributed by atoms with E-state index in [-0.39, 0.29) is 0 Å². The number of aryl methyl sites for hydroxylation is 1. The minimum absolute atomic E-state index is 0.492. The van der Waals surface area contributed by atoms with Crippen LogP contribution in [-0.2, 0) is 7.05 Å². The minimum atomic E-state index is 0.492. The molecule has 1 aliphatic heterocycles. The molecule has 0 fully saturated rings. The third kappa shape index (κ3) is 1.40. The van der Waals surface area contributed by atoms with Crippen molar-refractivity contribution in [2.24, 2.45) is 7.05 Å². The fourth-order valence-electron chi connectivity index (χ4n) is 2.45. The number of fused-ring (bicyclic) bond motifs is 1. The van der Waals surface area contributed by atoms with Crippen LogP contribution in [0.5, 0.6) is 0 Å². The van der Waals surface area contributed by atoms with Crippen molar-refractivity contribution in [3.05, 3.63) is 47.7 Å². The third-order valence-corrected chi connectivity index (χ3v) is 3.27. The molecule has 0 spiro atoms. The first-order chi connectivity index (χ1) is 7.86.